The second-order valence-corrected chi connectivity index (χ2v) is 9.95. The maximum absolute atomic E-state index is 12.9. The van der Waals surface area contributed by atoms with Gasteiger partial charge in [0.15, 0.2) is 5.16 Å². The molecule has 1 fully saturated rings. The average molecular weight is 465 g/mol. The summed E-state index contributed by atoms with van der Waals surface area (Å²) in [6.45, 7) is 5.60. The van der Waals surface area contributed by atoms with Gasteiger partial charge in [-0.05, 0) is 62.7 Å². The number of anilines is 2. The molecule has 8 heteroatoms. The van der Waals surface area contributed by atoms with Gasteiger partial charge in [0.1, 0.15) is 5.82 Å². The van der Waals surface area contributed by atoms with Gasteiger partial charge in [0.2, 0.25) is 5.91 Å². The molecule has 1 amide bonds. The number of carbonyl (C=O) groups excluding carboxylic acids is 1. The number of hydrogen-bond donors (Lipinski definition) is 1. The fourth-order valence-electron chi connectivity index (χ4n) is 3.89. The summed E-state index contributed by atoms with van der Waals surface area (Å²) in [6.07, 6.45) is 2.47. The number of likely N-dealkylation sites (tertiary alicyclic amines) is 1. The lowest BCUT2D eigenvalue weighted by Crippen LogP contribution is -2.24. The Labute approximate surface area is 200 Å². The van der Waals surface area contributed by atoms with Gasteiger partial charge in [-0.25, -0.2) is 0 Å². The summed E-state index contributed by atoms with van der Waals surface area (Å²) < 4.78 is 2.16. The van der Waals surface area contributed by atoms with E-state index in [0.717, 1.165) is 42.0 Å². The van der Waals surface area contributed by atoms with Gasteiger partial charge in [0.05, 0.1) is 18.3 Å². The van der Waals surface area contributed by atoms with E-state index >= 15 is 0 Å². The number of carbonyl (C=O) groups is 1. The third-order valence-corrected chi connectivity index (χ3v) is 6.92. The summed E-state index contributed by atoms with van der Waals surface area (Å²) in [5, 5.41) is 12.5. The zero-order valence-corrected chi connectivity index (χ0v) is 20.4. The fourth-order valence-corrected chi connectivity index (χ4v) is 4.75. The van der Waals surface area contributed by atoms with Crippen molar-refractivity contribution in [2.45, 2.75) is 43.3 Å². The lowest BCUT2D eigenvalue weighted by molar-refractivity contribution is -0.115. The highest BCUT2D eigenvalue weighted by Gasteiger charge is 2.22. The highest BCUT2D eigenvalue weighted by Crippen LogP contribution is 2.26. The molecular formula is C25H32N6OS. The Morgan fingerprint density at radius 3 is 2.39 bits per heavy atom. The van der Waals surface area contributed by atoms with Crippen LogP contribution >= 0.6 is 11.8 Å². The van der Waals surface area contributed by atoms with Gasteiger partial charge in [-0.15, -0.1) is 10.2 Å². The summed E-state index contributed by atoms with van der Waals surface area (Å²) >= 11 is 1.45. The standard InChI is InChI=1S/C25H32N6OS/c1-19(24(32)26-21-11-13-22(14-12-21)29(2)3)33-25-28-27-23(18-30-15-7-8-16-30)31(25)17-20-9-5-4-6-10-20/h4-6,9-14,19H,7-8,15-18H2,1-3H3,(H,26,32)/t19-/m1/s1. The number of benzene rings is 2. The zero-order chi connectivity index (χ0) is 23.2. The number of nitrogens with one attached hydrogen (secondary N) is 1. The number of rotatable bonds is 9. The topological polar surface area (TPSA) is 66.3 Å². The average Bonchev–Trinajstić information content (AvgIpc) is 3.46. The molecule has 1 aliphatic rings. The minimum atomic E-state index is -0.308. The van der Waals surface area contributed by atoms with Crippen molar-refractivity contribution < 1.29 is 4.79 Å². The van der Waals surface area contributed by atoms with E-state index in [4.69, 9.17) is 0 Å². The zero-order valence-electron chi connectivity index (χ0n) is 19.6. The van der Waals surface area contributed by atoms with Crippen molar-refractivity contribution in [3.05, 3.63) is 66.0 Å². The van der Waals surface area contributed by atoms with Crippen LogP contribution in [0.25, 0.3) is 0 Å². The van der Waals surface area contributed by atoms with E-state index in [1.54, 1.807) is 0 Å². The third-order valence-electron chi connectivity index (χ3n) is 5.84. The summed E-state index contributed by atoms with van der Waals surface area (Å²) in [7, 11) is 3.99. The monoisotopic (exact) mass is 464 g/mol. The van der Waals surface area contributed by atoms with E-state index in [2.05, 4.69) is 37.1 Å². The van der Waals surface area contributed by atoms with Crippen LogP contribution in [0.15, 0.2) is 59.8 Å². The van der Waals surface area contributed by atoms with Crippen LogP contribution in [0.1, 0.15) is 31.2 Å². The minimum absolute atomic E-state index is 0.0482. The van der Waals surface area contributed by atoms with Crippen molar-refractivity contribution in [1.82, 2.24) is 19.7 Å². The molecule has 2 aromatic carbocycles. The first kappa shape index (κ1) is 23.3. The molecule has 0 radical (unpaired) electrons. The molecule has 3 aromatic rings. The molecule has 0 bridgehead atoms. The van der Waals surface area contributed by atoms with Crippen molar-refractivity contribution in [3.63, 3.8) is 0 Å². The highest BCUT2D eigenvalue weighted by atomic mass is 32.2. The molecule has 0 aliphatic carbocycles. The number of aromatic nitrogens is 3. The molecule has 4 rings (SSSR count). The number of nitrogens with zero attached hydrogens (tertiary/aromatic N) is 5. The van der Waals surface area contributed by atoms with Crippen molar-refractivity contribution in [1.29, 1.82) is 0 Å². The first-order valence-corrected chi connectivity index (χ1v) is 12.3. The molecule has 7 nitrogen and oxygen atoms in total. The largest absolute Gasteiger partial charge is 0.378 e. The van der Waals surface area contributed by atoms with Crippen LogP contribution in [0.3, 0.4) is 0 Å². The van der Waals surface area contributed by atoms with Crippen molar-refractivity contribution in [2.75, 3.05) is 37.4 Å². The second kappa shape index (κ2) is 10.9. The van der Waals surface area contributed by atoms with Gasteiger partial charge < -0.3 is 14.8 Å². The van der Waals surface area contributed by atoms with Gasteiger partial charge in [-0.3, -0.25) is 9.69 Å². The predicted octanol–water partition coefficient (Wildman–Crippen LogP) is 4.11. The maximum atomic E-state index is 12.9. The van der Waals surface area contributed by atoms with Crippen LogP contribution in [-0.2, 0) is 17.9 Å². The van der Waals surface area contributed by atoms with E-state index in [0.29, 0.717) is 6.54 Å². The summed E-state index contributed by atoms with van der Waals surface area (Å²) in [5.41, 5.74) is 3.08. The predicted molar refractivity (Wildman–Crippen MR) is 135 cm³/mol. The molecule has 1 N–H and O–H groups in total. The lowest BCUT2D eigenvalue weighted by atomic mass is 10.2. The van der Waals surface area contributed by atoms with Gasteiger partial charge in [-0.1, -0.05) is 42.1 Å². The van der Waals surface area contributed by atoms with E-state index in [1.807, 2.05) is 68.4 Å². The van der Waals surface area contributed by atoms with E-state index < -0.39 is 0 Å². The SMILES string of the molecule is C[C@@H](Sc1nnc(CN2CCCC2)n1Cc1ccccc1)C(=O)Nc1ccc(N(C)C)cc1. The minimum Gasteiger partial charge on any atom is -0.378 e. The maximum Gasteiger partial charge on any atom is 0.237 e. The van der Waals surface area contributed by atoms with E-state index in [9.17, 15) is 4.79 Å². The van der Waals surface area contributed by atoms with Gasteiger partial charge in [0.25, 0.3) is 0 Å². The molecule has 0 saturated carbocycles. The molecule has 0 unspecified atom stereocenters. The van der Waals surface area contributed by atoms with Crippen LogP contribution in [0, 0.1) is 0 Å². The number of amides is 1. The number of thioether (sulfide) groups is 1. The molecule has 33 heavy (non-hydrogen) atoms. The fraction of sp³-hybridized carbons (Fsp3) is 0.400. The van der Waals surface area contributed by atoms with E-state index in [1.165, 1.54) is 30.2 Å². The first-order valence-electron chi connectivity index (χ1n) is 11.4. The molecule has 1 saturated heterocycles. The molecule has 0 spiro atoms. The van der Waals surface area contributed by atoms with Crippen LogP contribution < -0.4 is 10.2 Å². The summed E-state index contributed by atoms with van der Waals surface area (Å²) in [5.74, 6) is 0.906. The lowest BCUT2D eigenvalue weighted by Gasteiger charge is -2.17. The molecule has 174 valence electrons. The summed E-state index contributed by atoms with van der Waals surface area (Å²) in [4.78, 5) is 17.3. The van der Waals surface area contributed by atoms with E-state index in [-0.39, 0.29) is 11.2 Å². The van der Waals surface area contributed by atoms with Gasteiger partial charge >= 0.3 is 0 Å². The molecular weight excluding hydrogens is 432 g/mol. The summed E-state index contributed by atoms with van der Waals surface area (Å²) in [6, 6.07) is 18.2. The molecule has 1 aromatic heterocycles. The Morgan fingerprint density at radius 2 is 1.73 bits per heavy atom. The quantitative estimate of drug-likeness (QED) is 0.481. The van der Waals surface area contributed by atoms with Crippen LogP contribution in [0.4, 0.5) is 11.4 Å². The van der Waals surface area contributed by atoms with Crippen molar-refractivity contribution in [2.24, 2.45) is 0 Å². The Balaban J connectivity index is 1.47. The van der Waals surface area contributed by atoms with Crippen molar-refractivity contribution in [3.8, 4) is 0 Å². The van der Waals surface area contributed by atoms with Crippen LogP contribution in [0.5, 0.6) is 0 Å². The Kier molecular flexibility index (Phi) is 7.67. The molecule has 1 atom stereocenters. The smallest absolute Gasteiger partial charge is 0.237 e. The Bertz CT molecular complexity index is 1040. The van der Waals surface area contributed by atoms with Crippen LogP contribution in [0.2, 0.25) is 0 Å². The number of hydrogen-bond acceptors (Lipinski definition) is 6. The highest BCUT2D eigenvalue weighted by molar-refractivity contribution is 8.00. The Morgan fingerprint density at radius 1 is 1.03 bits per heavy atom. The van der Waals surface area contributed by atoms with Gasteiger partial charge in [-0.2, -0.15) is 0 Å². The molecule has 2 heterocycles. The van der Waals surface area contributed by atoms with Crippen LogP contribution in [-0.4, -0.2) is 58.0 Å². The second-order valence-electron chi connectivity index (χ2n) is 8.64. The normalized spacial score (nSPS) is 14.9. The molecule has 1 aliphatic heterocycles. The van der Waals surface area contributed by atoms with Crippen molar-refractivity contribution >= 4 is 29.0 Å². The van der Waals surface area contributed by atoms with Gasteiger partial charge in [0, 0.05) is 25.5 Å². The first-order chi connectivity index (χ1) is 16.0. The Hall–Kier alpha value is -2.84. The third kappa shape index (κ3) is 6.15.